The highest BCUT2D eigenvalue weighted by atomic mass is 16.6. The quantitative estimate of drug-likeness (QED) is 0.729. The molecule has 8 heteroatoms. The van der Waals surface area contributed by atoms with E-state index in [9.17, 15) is 15.2 Å². The van der Waals surface area contributed by atoms with E-state index < -0.39 is 11.7 Å². The molecule has 0 bridgehead atoms. The monoisotopic (exact) mass is 423 g/mol. The highest BCUT2D eigenvalue weighted by Gasteiger charge is 2.36. The SMILES string of the molecule is C[C@@H]1CN(c2cc(-c3cnccc3C#N)ccc2N)[C@H](CO)CN1C(=O)OC(C)(C)C. The van der Waals surface area contributed by atoms with Crippen LogP contribution < -0.4 is 10.6 Å². The number of anilines is 2. The van der Waals surface area contributed by atoms with E-state index in [1.165, 1.54) is 0 Å². The minimum atomic E-state index is -0.594. The summed E-state index contributed by atoms with van der Waals surface area (Å²) in [6.07, 6.45) is 2.84. The predicted molar refractivity (Wildman–Crippen MR) is 119 cm³/mol. The summed E-state index contributed by atoms with van der Waals surface area (Å²) in [5.41, 5.74) is 9.06. The van der Waals surface area contributed by atoms with Gasteiger partial charge in [0, 0.05) is 37.1 Å². The molecular weight excluding hydrogens is 394 g/mol. The van der Waals surface area contributed by atoms with Crippen LogP contribution in [0.5, 0.6) is 0 Å². The number of amides is 1. The number of benzene rings is 1. The number of nitrogens with two attached hydrogens (primary N) is 1. The van der Waals surface area contributed by atoms with Gasteiger partial charge in [0.25, 0.3) is 0 Å². The molecule has 1 aliphatic heterocycles. The van der Waals surface area contributed by atoms with Crippen molar-refractivity contribution < 1.29 is 14.6 Å². The number of aromatic nitrogens is 1. The lowest BCUT2D eigenvalue weighted by atomic mass is 9.99. The van der Waals surface area contributed by atoms with Gasteiger partial charge in [-0.15, -0.1) is 0 Å². The van der Waals surface area contributed by atoms with E-state index in [1.54, 1.807) is 29.4 Å². The number of carbonyl (C=O) groups is 1. The summed E-state index contributed by atoms with van der Waals surface area (Å²) >= 11 is 0. The number of hydrogen-bond donors (Lipinski definition) is 2. The number of aliphatic hydroxyl groups is 1. The molecule has 1 fully saturated rings. The van der Waals surface area contributed by atoms with E-state index in [0.29, 0.717) is 29.9 Å². The Morgan fingerprint density at radius 3 is 2.74 bits per heavy atom. The van der Waals surface area contributed by atoms with E-state index in [2.05, 4.69) is 11.1 Å². The number of carbonyl (C=O) groups excluding carboxylic acids is 1. The Bertz CT molecular complexity index is 995. The minimum absolute atomic E-state index is 0.145. The van der Waals surface area contributed by atoms with Crippen LogP contribution in [0.2, 0.25) is 0 Å². The molecule has 0 spiro atoms. The zero-order chi connectivity index (χ0) is 22.8. The van der Waals surface area contributed by atoms with Gasteiger partial charge < -0.3 is 25.4 Å². The van der Waals surface area contributed by atoms with Gasteiger partial charge >= 0.3 is 6.09 Å². The van der Waals surface area contributed by atoms with Crippen LogP contribution in [-0.2, 0) is 4.74 Å². The zero-order valence-corrected chi connectivity index (χ0v) is 18.4. The summed E-state index contributed by atoms with van der Waals surface area (Å²) in [5.74, 6) is 0. The molecule has 2 heterocycles. The van der Waals surface area contributed by atoms with Crippen molar-refractivity contribution in [2.24, 2.45) is 0 Å². The number of aliphatic hydroxyl groups excluding tert-OH is 1. The third-order valence-corrected chi connectivity index (χ3v) is 5.27. The molecule has 1 aromatic heterocycles. The Morgan fingerprint density at radius 2 is 2.10 bits per heavy atom. The minimum Gasteiger partial charge on any atom is -0.444 e. The molecule has 1 aromatic carbocycles. The van der Waals surface area contributed by atoms with Crippen molar-refractivity contribution in [1.82, 2.24) is 9.88 Å². The van der Waals surface area contributed by atoms with Crippen LogP contribution in [0.4, 0.5) is 16.2 Å². The molecule has 1 aliphatic rings. The van der Waals surface area contributed by atoms with Gasteiger partial charge in [0.1, 0.15) is 5.60 Å². The fourth-order valence-electron chi connectivity index (χ4n) is 3.75. The summed E-state index contributed by atoms with van der Waals surface area (Å²) < 4.78 is 5.53. The predicted octanol–water partition coefficient (Wildman–Crippen LogP) is 3.01. The van der Waals surface area contributed by atoms with Crippen LogP contribution in [0.3, 0.4) is 0 Å². The Hall–Kier alpha value is -3.31. The van der Waals surface area contributed by atoms with Gasteiger partial charge in [-0.3, -0.25) is 4.98 Å². The maximum absolute atomic E-state index is 12.6. The average Bonchev–Trinajstić information content (AvgIpc) is 2.72. The van der Waals surface area contributed by atoms with Gasteiger partial charge in [0.05, 0.1) is 35.7 Å². The third kappa shape index (κ3) is 4.89. The van der Waals surface area contributed by atoms with Gasteiger partial charge in [-0.25, -0.2) is 4.79 Å². The van der Waals surface area contributed by atoms with E-state index in [-0.39, 0.29) is 18.7 Å². The smallest absolute Gasteiger partial charge is 0.410 e. The largest absolute Gasteiger partial charge is 0.444 e. The average molecular weight is 424 g/mol. The highest BCUT2D eigenvalue weighted by Crippen LogP contribution is 2.34. The molecule has 8 nitrogen and oxygen atoms in total. The lowest BCUT2D eigenvalue weighted by Gasteiger charge is -2.46. The fraction of sp³-hybridized carbons (Fsp3) is 0.435. The Balaban J connectivity index is 1.92. The second kappa shape index (κ2) is 8.82. The van der Waals surface area contributed by atoms with Gasteiger partial charge in [0.2, 0.25) is 0 Å². The molecule has 3 rings (SSSR count). The first-order valence-corrected chi connectivity index (χ1v) is 10.3. The van der Waals surface area contributed by atoms with Crippen molar-refractivity contribution in [3.8, 4) is 17.2 Å². The van der Waals surface area contributed by atoms with Crippen LogP contribution in [0.15, 0.2) is 36.7 Å². The second-order valence-electron chi connectivity index (χ2n) is 8.78. The molecule has 3 N–H and O–H groups in total. The maximum Gasteiger partial charge on any atom is 0.410 e. The van der Waals surface area contributed by atoms with Crippen molar-refractivity contribution in [1.29, 1.82) is 5.26 Å². The number of rotatable bonds is 3. The number of nitrogen functional groups attached to an aromatic ring is 1. The van der Waals surface area contributed by atoms with Crippen molar-refractivity contribution in [3.05, 3.63) is 42.2 Å². The van der Waals surface area contributed by atoms with Gasteiger partial charge in [-0.2, -0.15) is 5.26 Å². The van der Waals surface area contributed by atoms with Crippen molar-refractivity contribution in [2.45, 2.75) is 45.4 Å². The number of ether oxygens (including phenoxy) is 1. The Morgan fingerprint density at radius 1 is 1.35 bits per heavy atom. The second-order valence-corrected chi connectivity index (χ2v) is 8.78. The molecule has 0 aliphatic carbocycles. The third-order valence-electron chi connectivity index (χ3n) is 5.27. The summed E-state index contributed by atoms with van der Waals surface area (Å²) in [6.45, 7) is 8.08. The molecular formula is C23H29N5O3. The topological polar surface area (TPSA) is 116 Å². The van der Waals surface area contributed by atoms with Crippen LogP contribution in [0.1, 0.15) is 33.3 Å². The van der Waals surface area contributed by atoms with Crippen molar-refractivity contribution in [3.63, 3.8) is 0 Å². The Labute approximate surface area is 182 Å². The van der Waals surface area contributed by atoms with Crippen LogP contribution >= 0.6 is 0 Å². The van der Waals surface area contributed by atoms with E-state index in [4.69, 9.17) is 10.5 Å². The zero-order valence-electron chi connectivity index (χ0n) is 18.4. The number of pyridine rings is 1. The van der Waals surface area contributed by atoms with Gasteiger partial charge in [-0.05, 0) is 51.5 Å². The first kappa shape index (κ1) is 22.4. The summed E-state index contributed by atoms with van der Waals surface area (Å²) in [6, 6.07) is 8.92. The molecule has 1 amide bonds. The first-order chi connectivity index (χ1) is 14.6. The van der Waals surface area contributed by atoms with Crippen LogP contribution in [0.25, 0.3) is 11.1 Å². The van der Waals surface area contributed by atoms with E-state index in [0.717, 1.165) is 11.3 Å². The van der Waals surface area contributed by atoms with Crippen LogP contribution in [-0.4, -0.2) is 58.5 Å². The lowest BCUT2D eigenvalue weighted by molar-refractivity contribution is 0.0103. The molecule has 0 radical (unpaired) electrons. The molecule has 31 heavy (non-hydrogen) atoms. The maximum atomic E-state index is 12.6. The van der Waals surface area contributed by atoms with Gasteiger partial charge in [-0.1, -0.05) is 6.07 Å². The molecule has 1 saturated heterocycles. The van der Waals surface area contributed by atoms with E-state index in [1.807, 2.05) is 44.7 Å². The highest BCUT2D eigenvalue weighted by molar-refractivity contribution is 5.79. The molecule has 0 unspecified atom stereocenters. The molecule has 164 valence electrons. The number of hydrogen-bond acceptors (Lipinski definition) is 7. The summed E-state index contributed by atoms with van der Waals surface area (Å²) in [7, 11) is 0. The van der Waals surface area contributed by atoms with Crippen LogP contribution in [0, 0.1) is 11.3 Å². The van der Waals surface area contributed by atoms with Crippen molar-refractivity contribution in [2.75, 3.05) is 30.3 Å². The normalized spacial score (nSPS) is 19.1. The van der Waals surface area contributed by atoms with Gasteiger partial charge in [0.15, 0.2) is 0 Å². The van der Waals surface area contributed by atoms with Crippen molar-refractivity contribution >= 4 is 17.5 Å². The number of nitrogens with zero attached hydrogens (tertiary/aromatic N) is 4. The number of piperazine rings is 1. The summed E-state index contributed by atoms with van der Waals surface area (Å²) in [4.78, 5) is 20.5. The lowest BCUT2D eigenvalue weighted by Crippen LogP contribution is -2.61. The summed E-state index contributed by atoms with van der Waals surface area (Å²) in [5, 5.41) is 19.5. The standard InChI is InChI=1S/C23H29N5O3/c1-15-12-28(18(14-29)13-27(15)22(30)31-23(2,3)4)21-9-16(5-6-20(21)25)19-11-26-8-7-17(19)10-24/h5-9,11,15,18,29H,12-14,25H2,1-4H3/t15-,18+/m1/s1. The molecule has 2 atom stereocenters. The first-order valence-electron chi connectivity index (χ1n) is 10.3. The fourth-order valence-corrected chi connectivity index (χ4v) is 3.75. The van der Waals surface area contributed by atoms with E-state index >= 15 is 0 Å². The molecule has 0 saturated carbocycles. The molecule has 2 aromatic rings. The number of nitriles is 1. The Kier molecular flexibility index (Phi) is 6.37.